The summed E-state index contributed by atoms with van der Waals surface area (Å²) in [4.78, 5) is 28.1. The molecule has 1 N–H and O–H groups in total. The molecule has 1 fully saturated rings. The first kappa shape index (κ1) is 33.3. The average molecular weight is 689 g/mol. The van der Waals surface area contributed by atoms with Crippen molar-refractivity contribution in [2.45, 2.75) is 44.8 Å². The summed E-state index contributed by atoms with van der Waals surface area (Å²) in [6.07, 6.45) is -5.89. The van der Waals surface area contributed by atoms with Crippen LogP contribution >= 0.6 is 69.6 Å². The number of carbonyl (C=O) groups is 2. The van der Waals surface area contributed by atoms with Crippen molar-refractivity contribution in [1.82, 2.24) is 0 Å². The van der Waals surface area contributed by atoms with Crippen LogP contribution in [0.3, 0.4) is 0 Å². The van der Waals surface area contributed by atoms with Crippen molar-refractivity contribution in [3.05, 3.63) is 82.2 Å². The van der Waals surface area contributed by atoms with E-state index in [0.717, 1.165) is 0 Å². The number of ether oxygens (including phenoxy) is 5. The quantitative estimate of drug-likeness (QED) is 0.0602. The lowest BCUT2D eigenvalue weighted by molar-refractivity contribution is -0.260. The highest BCUT2D eigenvalue weighted by Gasteiger charge is 2.52. The van der Waals surface area contributed by atoms with E-state index >= 15 is 0 Å². The minimum atomic E-state index is -2.52. The second-order valence-electron chi connectivity index (χ2n) is 8.28. The molecule has 0 amide bonds. The van der Waals surface area contributed by atoms with Gasteiger partial charge in [0.25, 0.3) is 7.59 Å². The standard InChI is InChI=1S/C24H20Cl6N4O7/c25-23(26,27)21(31)41-20-16(33-34-32)18(37-11-13-7-3-1-4-8-13)17(40-22(36)24(28,29)30)15(39-20)12-38-19(35)14-9-5-2-6-10-14/h1-10,15-18,20,31H,11-12H2/t15-,16-,17-,18-,20-/m1/s1. The second kappa shape index (κ2) is 14.8. The zero-order chi connectivity index (χ0) is 30.2. The number of halogens is 6. The van der Waals surface area contributed by atoms with Gasteiger partial charge in [0.15, 0.2) is 6.10 Å². The van der Waals surface area contributed by atoms with E-state index in [1.807, 2.05) is 0 Å². The smallest absolute Gasteiger partial charge is 0.359 e. The van der Waals surface area contributed by atoms with Crippen LogP contribution in [0.25, 0.3) is 10.4 Å². The molecule has 2 aromatic carbocycles. The summed E-state index contributed by atoms with van der Waals surface area (Å²) in [6.45, 7) is -0.642. The van der Waals surface area contributed by atoms with Gasteiger partial charge in [0.2, 0.25) is 12.2 Å². The Morgan fingerprint density at radius 2 is 1.54 bits per heavy atom. The summed E-state index contributed by atoms with van der Waals surface area (Å²) in [5.74, 6) is -2.95. The Labute approximate surface area is 263 Å². The monoisotopic (exact) mass is 686 g/mol. The van der Waals surface area contributed by atoms with Gasteiger partial charge in [0.1, 0.15) is 24.9 Å². The van der Waals surface area contributed by atoms with Gasteiger partial charge < -0.3 is 23.7 Å². The Kier molecular flexibility index (Phi) is 12.0. The van der Waals surface area contributed by atoms with Gasteiger partial charge >= 0.3 is 11.9 Å². The number of rotatable bonds is 9. The highest BCUT2D eigenvalue weighted by Crippen LogP contribution is 2.36. The fourth-order valence-corrected chi connectivity index (χ4v) is 3.86. The number of hydrogen-bond donors (Lipinski definition) is 1. The van der Waals surface area contributed by atoms with Crippen LogP contribution in [-0.4, -0.2) is 62.7 Å². The second-order valence-corrected chi connectivity index (χ2v) is 12.8. The first-order chi connectivity index (χ1) is 19.3. The molecule has 3 rings (SSSR count). The number of hydrogen-bond acceptors (Lipinski definition) is 9. The number of azide groups is 1. The predicted molar refractivity (Wildman–Crippen MR) is 153 cm³/mol. The largest absolute Gasteiger partial charge is 0.459 e. The van der Waals surface area contributed by atoms with E-state index in [1.54, 1.807) is 48.5 Å². The SMILES string of the molecule is [N-]=[N+]=N[C@H]1[C@@H](OC(=N)C(Cl)(Cl)Cl)O[C@H](COC(=O)c2ccccc2)[C@@H](OC(=O)C(Cl)(Cl)Cl)[C@@H]1OCc1ccccc1. The van der Waals surface area contributed by atoms with E-state index in [9.17, 15) is 15.1 Å². The van der Waals surface area contributed by atoms with E-state index in [1.165, 1.54) is 12.1 Å². The van der Waals surface area contributed by atoms with Gasteiger partial charge in [-0.15, -0.1) is 0 Å². The molecule has 11 nitrogen and oxygen atoms in total. The predicted octanol–water partition coefficient (Wildman–Crippen LogP) is 6.48. The Bertz CT molecular complexity index is 1260. The van der Waals surface area contributed by atoms with Crippen molar-refractivity contribution in [1.29, 1.82) is 5.41 Å². The lowest BCUT2D eigenvalue weighted by atomic mass is 9.96. The first-order valence-electron chi connectivity index (χ1n) is 11.5. The lowest BCUT2D eigenvalue weighted by Crippen LogP contribution is -2.61. The average Bonchev–Trinajstić information content (AvgIpc) is 2.92. The zero-order valence-corrected chi connectivity index (χ0v) is 25.1. The van der Waals surface area contributed by atoms with Gasteiger partial charge in [-0.2, -0.15) is 0 Å². The van der Waals surface area contributed by atoms with Crippen LogP contribution in [-0.2, 0) is 35.1 Å². The van der Waals surface area contributed by atoms with Gasteiger partial charge in [0, 0.05) is 4.91 Å². The van der Waals surface area contributed by atoms with Crippen molar-refractivity contribution >= 4 is 87.4 Å². The van der Waals surface area contributed by atoms with Crippen LogP contribution in [0.4, 0.5) is 0 Å². The molecular formula is C24H20Cl6N4O7. The third kappa shape index (κ3) is 9.68. The summed E-state index contributed by atoms with van der Waals surface area (Å²) in [5.41, 5.74) is 10.2. The number of carbonyl (C=O) groups excluding carboxylic acids is 2. The molecule has 0 radical (unpaired) electrons. The summed E-state index contributed by atoms with van der Waals surface area (Å²) >= 11 is 34.5. The fraction of sp³-hybridized carbons (Fsp3) is 0.375. The van der Waals surface area contributed by atoms with E-state index in [0.29, 0.717) is 5.56 Å². The molecule has 2 aromatic rings. The highest BCUT2D eigenvalue weighted by molar-refractivity contribution is 6.76. The molecule has 220 valence electrons. The highest BCUT2D eigenvalue weighted by atomic mass is 35.6. The maximum atomic E-state index is 12.7. The molecule has 0 bridgehead atoms. The summed E-state index contributed by atoms with van der Waals surface area (Å²) in [7, 11) is 0. The number of nitrogens with zero attached hydrogens (tertiary/aromatic N) is 3. The van der Waals surface area contributed by atoms with Crippen LogP contribution < -0.4 is 0 Å². The van der Waals surface area contributed by atoms with Gasteiger partial charge in [-0.25, -0.2) is 9.59 Å². The molecule has 17 heteroatoms. The van der Waals surface area contributed by atoms with Crippen LogP contribution in [0, 0.1) is 5.41 Å². The van der Waals surface area contributed by atoms with Crippen LogP contribution in [0.2, 0.25) is 0 Å². The molecule has 1 saturated heterocycles. The van der Waals surface area contributed by atoms with Crippen molar-refractivity contribution in [2.75, 3.05) is 6.61 Å². The van der Waals surface area contributed by atoms with Gasteiger partial charge in [-0.05, 0) is 23.2 Å². The third-order valence-corrected chi connectivity index (χ3v) is 6.42. The number of nitrogens with one attached hydrogen (secondary N) is 1. The summed E-state index contributed by atoms with van der Waals surface area (Å²) < 4.78 is 23.3. The maximum Gasteiger partial charge on any atom is 0.359 e. The van der Waals surface area contributed by atoms with Crippen LogP contribution in [0.1, 0.15) is 15.9 Å². The molecule has 0 spiro atoms. The minimum absolute atomic E-state index is 0.0874. The maximum absolute atomic E-state index is 12.7. The molecule has 1 aliphatic rings. The first-order valence-corrected chi connectivity index (χ1v) is 13.8. The minimum Gasteiger partial charge on any atom is -0.459 e. The van der Waals surface area contributed by atoms with Gasteiger partial charge in [-0.3, -0.25) is 5.41 Å². The molecule has 5 atom stereocenters. The molecule has 0 saturated carbocycles. The van der Waals surface area contributed by atoms with E-state index in [2.05, 4.69) is 10.0 Å². The Hall–Kier alpha value is -2.18. The van der Waals surface area contributed by atoms with E-state index in [4.69, 9.17) is 98.7 Å². The molecule has 0 unspecified atom stereocenters. The van der Waals surface area contributed by atoms with Crippen molar-refractivity contribution in [3.63, 3.8) is 0 Å². The molecule has 0 aromatic heterocycles. The number of benzene rings is 2. The lowest BCUT2D eigenvalue weighted by Gasteiger charge is -2.44. The van der Waals surface area contributed by atoms with Crippen molar-refractivity contribution in [3.8, 4) is 0 Å². The van der Waals surface area contributed by atoms with Crippen molar-refractivity contribution in [2.24, 2.45) is 5.11 Å². The van der Waals surface area contributed by atoms with Crippen LogP contribution in [0.15, 0.2) is 65.8 Å². The normalized spacial score (nSPS) is 22.6. The fourth-order valence-electron chi connectivity index (χ4n) is 3.59. The number of esters is 2. The summed E-state index contributed by atoms with van der Waals surface area (Å²) in [6, 6.07) is 15.3. The molecule has 1 heterocycles. The molecule has 1 aliphatic heterocycles. The Morgan fingerprint density at radius 3 is 2.10 bits per heavy atom. The molecule has 41 heavy (non-hydrogen) atoms. The van der Waals surface area contributed by atoms with E-state index < -0.39 is 62.7 Å². The topological polar surface area (TPSA) is 153 Å². The Balaban J connectivity index is 2.00. The van der Waals surface area contributed by atoms with Gasteiger partial charge in [-0.1, -0.05) is 123 Å². The van der Waals surface area contributed by atoms with E-state index in [-0.39, 0.29) is 12.2 Å². The van der Waals surface area contributed by atoms with Crippen molar-refractivity contribution < 1.29 is 33.3 Å². The Morgan fingerprint density at radius 1 is 0.927 bits per heavy atom. The third-order valence-electron chi connectivity index (χ3n) is 5.44. The van der Waals surface area contributed by atoms with Gasteiger partial charge in [0.05, 0.1) is 12.2 Å². The molecule has 0 aliphatic carbocycles. The summed E-state index contributed by atoms with van der Waals surface area (Å²) in [5, 5.41) is 11.7. The zero-order valence-electron chi connectivity index (χ0n) is 20.5. The molecular weight excluding hydrogens is 669 g/mol. The number of alkyl halides is 6. The van der Waals surface area contributed by atoms with Crippen LogP contribution in [0.5, 0.6) is 0 Å².